The molecule has 1 atom stereocenters. The van der Waals surface area contributed by atoms with Crippen molar-refractivity contribution in [2.75, 3.05) is 13.7 Å². The Morgan fingerprint density at radius 1 is 1.24 bits per heavy atom. The van der Waals surface area contributed by atoms with Gasteiger partial charge in [0.1, 0.15) is 0 Å². The first-order valence-corrected chi connectivity index (χ1v) is 7.74. The summed E-state index contributed by atoms with van der Waals surface area (Å²) in [6, 6.07) is 6.44. The van der Waals surface area contributed by atoms with Crippen LogP contribution in [0.5, 0.6) is 11.5 Å². The fourth-order valence-corrected chi connectivity index (χ4v) is 2.03. The summed E-state index contributed by atoms with van der Waals surface area (Å²) < 4.78 is 11.2. The number of nitrogens with one attached hydrogen (secondary N) is 1. The number of hydrogen-bond donors (Lipinski definition) is 1. The molecule has 0 saturated heterocycles. The minimum absolute atomic E-state index is 0.139. The Bertz CT molecular complexity index is 466. The van der Waals surface area contributed by atoms with Gasteiger partial charge in [-0.05, 0) is 58.4 Å². The molecule has 0 radical (unpaired) electrons. The van der Waals surface area contributed by atoms with Crippen LogP contribution in [0, 0.1) is 0 Å². The van der Waals surface area contributed by atoms with Gasteiger partial charge in [0.05, 0.1) is 13.2 Å². The first-order chi connectivity index (χ1) is 9.97. The second kappa shape index (κ2) is 8.73. The first-order valence-electron chi connectivity index (χ1n) is 7.74. The molecule has 0 aliphatic heterocycles. The summed E-state index contributed by atoms with van der Waals surface area (Å²) in [6.45, 7) is 11.6. The van der Waals surface area contributed by atoms with E-state index in [9.17, 15) is 0 Å². The predicted octanol–water partition coefficient (Wildman–Crippen LogP) is 4.27. The lowest BCUT2D eigenvalue weighted by atomic mass is 10.1. The highest BCUT2D eigenvalue weighted by atomic mass is 16.5. The van der Waals surface area contributed by atoms with Gasteiger partial charge in [-0.2, -0.15) is 0 Å². The highest BCUT2D eigenvalue weighted by molar-refractivity contribution is 5.58. The van der Waals surface area contributed by atoms with Crippen LogP contribution >= 0.6 is 0 Å². The van der Waals surface area contributed by atoms with Gasteiger partial charge in [0.15, 0.2) is 11.5 Å². The normalized spacial score (nSPS) is 13.4. The fourth-order valence-electron chi connectivity index (χ4n) is 2.03. The Hall–Kier alpha value is -1.48. The summed E-state index contributed by atoms with van der Waals surface area (Å²) in [5, 5.41) is 3.49. The maximum absolute atomic E-state index is 5.74. The molecular weight excluding hydrogens is 262 g/mol. The van der Waals surface area contributed by atoms with E-state index in [-0.39, 0.29) is 6.10 Å². The van der Waals surface area contributed by atoms with Crippen molar-refractivity contribution in [2.24, 2.45) is 0 Å². The topological polar surface area (TPSA) is 30.5 Å². The molecule has 21 heavy (non-hydrogen) atoms. The molecule has 1 unspecified atom stereocenters. The van der Waals surface area contributed by atoms with Crippen LogP contribution in [0.4, 0.5) is 0 Å². The largest absolute Gasteiger partial charge is 0.493 e. The molecule has 0 fully saturated rings. The number of benzene rings is 1. The summed E-state index contributed by atoms with van der Waals surface area (Å²) in [5.41, 5.74) is 2.44. The van der Waals surface area contributed by atoms with Gasteiger partial charge in [-0.25, -0.2) is 0 Å². The minimum Gasteiger partial charge on any atom is -0.493 e. The van der Waals surface area contributed by atoms with E-state index in [0.29, 0.717) is 6.04 Å². The van der Waals surface area contributed by atoms with E-state index in [2.05, 4.69) is 38.2 Å². The third-order valence-corrected chi connectivity index (χ3v) is 3.33. The van der Waals surface area contributed by atoms with Gasteiger partial charge >= 0.3 is 0 Å². The van der Waals surface area contributed by atoms with Crippen molar-refractivity contribution in [2.45, 2.75) is 53.2 Å². The van der Waals surface area contributed by atoms with Crippen LogP contribution in [0.1, 0.15) is 46.6 Å². The molecule has 1 aromatic rings. The molecule has 0 heterocycles. The monoisotopic (exact) mass is 291 g/mol. The lowest BCUT2D eigenvalue weighted by molar-refractivity contribution is 0.230. The van der Waals surface area contributed by atoms with Gasteiger partial charge in [0, 0.05) is 6.04 Å². The zero-order valence-corrected chi connectivity index (χ0v) is 14.2. The Kier molecular flexibility index (Phi) is 7.30. The maximum atomic E-state index is 5.74. The molecule has 1 N–H and O–H groups in total. The van der Waals surface area contributed by atoms with E-state index < -0.39 is 0 Å². The second-order valence-corrected chi connectivity index (χ2v) is 5.64. The van der Waals surface area contributed by atoms with Crippen LogP contribution in [0.25, 0.3) is 6.08 Å². The van der Waals surface area contributed by atoms with Crippen LogP contribution in [0.15, 0.2) is 23.8 Å². The standard InChI is InChI=1S/C18H29NO2/c1-7-10-19-15(5)14(4)11-16-8-9-17(21-13(2)3)18(12-16)20-6/h8-9,11-13,15,19H,7,10H2,1-6H3/b14-11+. The summed E-state index contributed by atoms with van der Waals surface area (Å²) in [5.74, 6) is 1.57. The van der Waals surface area contributed by atoms with Crippen molar-refractivity contribution in [3.05, 3.63) is 29.3 Å². The van der Waals surface area contributed by atoms with Gasteiger partial charge in [-0.1, -0.05) is 24.6 Å². The van der Waals surface area contributed by atoms with E-state index >= 15 is 0 Å². The van der Waals surface area contributed by atoms with E-state index in [0.717, 1.165) is 30.0 Å². The smallest absolute Gasteiger partial charge is 0.161 e. The SMILES string of the molecule is CCCNC(C)/C(C)=C/c1ccc(OC(C)C)c(OC)c1. The van der Waals surface area contributed by atoms with E-state index in [4.69, 9.17) is 9.47 Å². The van der Waals surface area contributed by atoms with Crippen molar-refractivity contribution in [1.29, 1.82) is 0 Å². The van der Waals surface area contributed by atoms with Gasteiger partial charge in [-0.3, -0.25) is 0 Å². The molecule has 1 aromatic carbocycles. The van der Waals surface area contributed by atoms with Crippen molar-refractivity contribution in [1.82, 2.24) is 5.32 Å². The molecule has 118 valence electrons. The van der Waals surface area contributed by atoms with E-state index in [1.165, 1.54) is 5.57 Å². The van der Waals surface area contributed by atoms with Crippen LogP contribution in [0.2, 0.25) is 0 Å². The minimum atomic E-state index is 0.139. The summed E-state index contributed by atoms with van der Waals surface area (Å²) in [7, 11) is 1.67. The molecule has 0 spiro atoms. The Morgan fingerprint density at radius 2 is 1.95 bits per heavy atom. The molecule has 0 aliphatic carbocycles. The molecular formula is C18H29NO2. The lowest BCUT2D eigenvalue weighted by Gasteiger charge is -2.16. The van der Waals surface area contributed by atoms with Gasteiger partial charge < -0.3 is 14.8 Å². The average Bonchev–Trinajstić information content (AvgIpc) is 2.45. The van der Waals surface area contributed by atoms with Gasteiger partial charge in [-0.15, -0.1) is 0 Å². The van der Waals surface area contributed by atoms with E-state index in [1.54, 1.807) is 7.11 Å². The number of methoxy groups -OCH3 is 1. The number of ether oxygens (including phenoxy) is 2. The van der Waals surface area contributed by atoms with Crippen molar-refractivity contribution >= 4 is 6.08 Å². The summed E-state index contributed by atoms with van der Waals surface area (Å²) in [4.78, 5) is 0. The quantitative estimate of drug-likeness (QED) is 0.775. The highest BCUT2D eigenvalue weighted by Crippen LogP contribution is 2.29. The number of hydrogen-bond acceptors (Lipinski definition) is 3. The van der Waals surface area contributed by atoms with Crippen LogP contribution in [0.3, 0.4) is 0 Å². The maximum Gasteiger partial charge on any atom is 0.161 e. The third kappa shape index (κ3) is 5.80. The molecule has 0 saturated carbocycles. The van der Waals surface area contributed by atoms with Crippen LogP contribution in [-0.2, 0) is 0 Å². The molecule has 0 bridgehead atoms. The zero-order valence-electron chi connectivity index (χ0n) is 14.2. The molecule has 0 aromatic heterocycles. The van der Waals surface area contributed by atoms with Crippen molar-refractivity contribution in [3.8, 4) is 11.5 Å². The molecule has 3 heteroatoms. The molecule has 0 amide bonds. The molecule has 3 nitrogen and oxygen atoms in total. The molecule has 0 aliphatic rings. The third-order valence-electron chi connectivity index (χ3n) is 3.33. The predicted molar refractivity (Wildman–Crippen MR) is 90.2 cm³/mol. The van der Waals surface area contributed by atoms with E-state index in [1.807, 2.05) is 26.0 Å². The van der Waals surface area contributed by atoms with Crippen LogP contribution < -0.4 is 14.8 Å². The second-order valence-electron chi connectivity index (χ2n) is 5.64. The Labute approximate surface area is 129 Å². The lowest BCUT2D eigenvalue weighted by Crippen LogP contribution is -2.27. The first kappa shape index (κ1) is 17.6. The van der Waals surface area contributed by atoms with Gasteiger partial charge in [0.25, 0.3) is 0 Å². The zero-order chi connectivity index (χ0) is 15.8. The van der Waals surface area contributed by atoms with Gasteiger partial charge in [0.2, 0.25) is 0 Å². The van der Waals surface area contributed by atoms with Crippen LogP contribution in [-0.4, -0.2) is 25.8 Å². The van der Waals surface area contributed by atoms with Crippen molar-refractivity contribution < 1.29 is 9.47 Å². The summed E-state index contributed by atoms with van der Waals surface area (Å²) >= 11 is 0. The fraction of sp³-hybridized carbons (Fsp3) is 0.556. The van der Waals surface area contributed by atoms with Crippen molar-refractivity contribution in [3.63, 3.8) is 0 Å². The Morgan fingerprint density at radius 3 is 2.52 bits per heavy atom. The number of rotatable bonds is 8. The average molecular weight is 291 g/mol. The summed E-state index contributed by atoms with van der Waals surface area (Å²) in [6.07, 6.45) is 3.47. The Balaban J connectivity index is 2.88. The highest BCUT2D eigenvalue weighted by Gasteiger charge is 2.08. The molecule has 1 rings (SSSR count).